The minimum absolute atomic E-state index is 0.129. The molecule has 0 aromatic heterocycles. The summed E-state index contributed by atoms with van der Waals surface area (Å²) in [6.07, 6.45) is 1.45. The van der Waals surface area contributed by atoms with E-state index < -0.39 is 0 Å². The average Bonchev–Trinajstić information content (AvgIpc) is 2.38. The second kappa shape index (κ2) is 7.07. The number of carbonyl (C=O) groups excluding carboxylic acids is 1. The van der Waals surface area contributed by atoms with Crippen molar-refractivity contribution in [3.63, 3.8) is 0 Å². The van der Waals surface area contributed by atoms with Gasteiger partial charge < -0.3 is 5.32 Å². The van der Waals surface area contributed by atoms with Crippen LogP contribution in [0.4, 0.5) is 0 Å². The largest absolute Gasteiger partial charge is 0.344 e. The highest BCUT2D eigenvalue weighted by molar-refractivity contribution is 14.1. The Balaban J connectivity index is 2.06. The second-order valence-corrected chi connectivity index (χ2v) is 6.98. The number of fused-ring (bicyclic) bond motifs is 1. The van der Waals surface area contributed by atoms with Gasteiger partial charge in [0.25, 0.3) is 0 Å². The molecular weight excluding hydrogens is 361 g/mol. The number of benzene rings is 2. The van der Waals surface area contributed by atoms with Crippen LogP contribution in [0.5, 0.6) is 0 Å². The zero-order chi connectivity index (χ0) is 14.5. The van der Waals surface area contributed by atoms with Crippen LogP contribution in [0, 0.1) is 5.92 Å². The van der Waals surface area contributed by atoms with Crippen LogP contribution in [0.1, 0.15) is 25.8 Å². The molecule has 3 heteroatoms. The van der Waals surface area contributed by atoms with Crippen LogP contribution in [-0.4, -0.2) is 9.96 Å². The molecule has 2 nitrogen and oxygen atoms in total. The zero-order valence-electron chi connectivity index (χ0n) is 11.9. The topological polar surface area (TPSA) is 29.1 Å². The highest BCUT2D eigenvalue weighted by Gasteiger charge is 2.12. The van der Waals surface area contributed by atoms with Crippen molar-refractivity contribution in [3.05, 3.63) is 48.0 Å². The Bertz CT molecular complexity index is 589. The molecule has 2 aromatic rings. The summed E-state index contributed by atoms with van der Waals surface area (Å²) < 4.78 is 0.129. The third-order valence-corrected chi connectivity index (χ3v) is 3.94. The molecule has 0 fully saturated rings. The molecular formula is C17H20INO. The Labute approximate surface area is 134 Å². The molecule has 0 heterocycles. The molecule has 0 spiro atoms. The van der Waals surface area contributed by atoms with Crippen LogP contribution in [0.2, 0.25) is 0 Å². The van der Waals surface area contributed by atoms with Crippen molar-refractivity contribution < 1.29 is 4.79 Å². The minimum Gasteiger partial charge on any atom is -0.344 e. The molecule has 0 saturated heterocycles. The molecule has 0 aliphatic heterocycles. The highest BCUT2D eigenvalue weighted by atomic mass is 127. The minimum atomic E-state index is 0.129. The fraction of sp³-hybridized carbons (Fsp3) is 0.353. The molecule has 2 rings (SSSR count). The van der Waals surface area contributed by atoms with E-state index in [1.807, 2.05) is 0 Å². The van der Waals surface area contributed by atoms with E-state index in [9.17, 15) is 4.79 Å². The van der Waals surface area contributed by atoms with Gasteiger partial charge in [0.15, 0.2) is 0 Å². The van der Waals surface area contributed by atoms with Gasteiger partial charge in [-0.2, -0.15) is 0 Å². The standard InChI is InChI=1S/C17H20INO/c1-12(2)10-17(20)19-16(18)11-14-8-5-7-13-6-3-4-9-15(13)14/h3-9,12,16H,10-11H2,1-2H3,(H,19,20)/t16-/m0/s1. The smallest absolute Gasteiger partial charge is 0.221 e. The lowest BCUT2D eigenvalue weighted by atomic mass is 10.0. The summed E-state index contributed by atoms with van der Waals surface area (Å²) >= 11 is 2.31. The van der Waals surface area contributed by atoms with E-state index in [1.165, 1.54) is 16.3 Å². The molecule has 0 radical (unpaired) electrons. The summed E-state index contributed by atoms with van der Waals surface area (Å²) in [6, 6.07) is 14.7. The summed E-state index contributed by atoms with van der Waals surface area (Å²) in [4.78, 5) is 11.8. The lowest BCUT2D eigenvalue weighted by Crippen LogP contribution is -2.32. The van der Waals surface area contributed by atoms with Crippen molar-refractivity contribution in [3.8, 4) is 0 Å². The Hall–Kier alpha value is -1.10. The maximum absolute atomic E-state index is 11.8. The quantitative estimate of drug-likeness (QED) is 0.467. The predicted octanol–water partition coefficient (Wildman–Crippen LogP) is 4.31. The average molecular weight is 381 g/mol. The van der Waals surface area contributed by atoms with Crippen molar-refractivity contribution in [2.75, 3.05) is 0 Å². The number of amides is 1. The molecule has 0 unspecified atom stereocenters. The summed E-state index contributed by atoms with van der Waals surface area (Å²) in [5.74, 6) is 0.538. The molecule has 0 bridgehead atoms. The molecule has 20 heavy (non-hydrogen) atoms. The van der Waals surface area contributed by atoms with Gasteiger partial charge in [-0.05, 0) is 22.3 Å². The number of alkyl halides is 1. The van der Waals surface area contributed by atoms with Gasteiger partial charge in [0.1, 0.15) is 0 Å². The van der Waals surface area contributed by atoms with E-state index in [4.69, 9.17) is 0 Å². The third-order valence-electron chi connectivity index (χ3n) is 3.19. The molecule has 0 saturated carbocycles. The van der Waals surface area contributed by atoms with Crippen molar-refractivity contribution in [2.24, 2.45) is 5.92 Å². The third kappa shape index (κ3) is 4.20. The van der Waals surface area contributed by atoms with Crippen molar-refractivity contribution in [1.82, 2.24) is 5.32 Å². The summed E-state index contributed by atoms with van der Waals surface area (Å²) in [5, 5.41) is 5.60. The van der Waals surface area contributed by atoms with Crippen molar-refractivity contribution in [2.45, 2.75) is 30.7 Å². The van der Waals surface area contributed by atoms with Crippen LogP contribution in [-0.2, 0) is 11.2 Å². The van der Waals surface area contributed by atoms with Gasteiger partial charge in [-0.15, -0.1) is 0 Å². The first-order chi connectivity index (χ1) is 9.56. The van der Waals surface area contributed by atoms with Crippen molar-refractivity contribution in [1.29, 1.82) is 0 Å². The predicted molar refractivity (Wildman–Crippen MR) is 93.1 cm³/mol. The van der Waals surface area contributed by atoms with Crippen molar-refractivity contribution >= 4 is 39.3 Å². The number of nitrogens with one attached hydrogen (secondary N) is 1. The Morgan fingerprint density at radius 3 is 2.60 bits per heavy atom. The molecule has 1 amide bonds. The van der Waals surface area contributed by atoms with Gasteiger partial charge in [0.2, 0.25) is 5.91 Å². The van der Waals surface area contributed by atoms with Crippen LogP contribution >= 0.6 is 22.6 Å². The fourth-order valence-electron chi connectivity index (χ4n) is 2.32. The number of carbonyl (C=O) groups is 1. The lowest BCUT2D eigenvalue weighted by molar-refractivity contribution is -0.121. The first-order valence-electron chi connectivity index (χ1n) is 6.96. The van der Waals surface area contributed by atoms with Crippen LogP contribution < -0.4 is 5.32 Å². The first-order valence-corrected chi connectivity index (χ1v) is 8.21. The monoisotopic (exact) mass is 381 g/mol. The Morgan fingerprint density at radius 1 is 1.15 bits per heavy atom. The lowest BCUT2D eigenvalue weighted by Gasteiger charge is -2.15. The Morgan fingerprint density at radius 2 is 1.85 bits per heavy atom. The normalized spacial score (nSPS) is 12.6. The van der Waals surface area contributed by atoms with Gasteiger partial charge in [-0.1, -0.05) is 78.9 Å². The second-order valence-electron chi connectivity index (χ2n) is 5.48. The molecule has 2 aromatic carbocycles. The zero-order valence-corrected chi connectivity index (χ0v) is 14.1. The van der Waals surface area contributed by atoms with E-state index in [0.29, 0.717) is 12.3 Å². The SMILES string of the molecule is CC(C)CC(=O)N[C@H](I)Cc1cccc2ccccc12. The van der Waals surface area contributed by atoms with Gasteiger partial charge in [0, 0.05) is 12.8 Å². The van der Waals surface area contributed by atoms with Gasteiger partial charge in [-0.25, -0.2) is 0 Å². The molecule has 1 N–H and O–H groups in total. The van der Waals surface area contributed by atoms with E-state index in [-0.39, 0.29) is 9.96 Å². The maximum Gasteiger partial charge on any atom is 0.221 e. The van der Waals surface area contributed by atoms with E-state index in [0.717, 1.165) is 6.42 Å². The van der Waals surface area contributed by atoms with Crippen LogP contribution in [0.3, 0.4) is 0 Å². The summed E-state index contributed by atoms with van der Waals surface area (Å²) in [5.41, 5.74) is 1.28. The molecule has 0 aliphatic rings. The van der Waals surface area contributed by atoms with Gasteiger partial charge in [-0.3, -0.25) is 4.79 Å². The summed E-state index contributed by atoms with van der Waals surface area (Å²) in [6.45, 7) is 4.12. The van der Waals surface area contributed by atoms with Crippen LogP contribution in [0.25, 0.3) is 10.8 Å². The maximum atomic E-state index is 11.8. The fourth-order valence-corrected chi connectivity index (χ4v) is 3.14. The van der Waals surface area contributed by atoms with E-state index in [2.05, 4.69) is 84.2 Å². The van der Waals surface area contributed by atoms with Gasteiger partial charge >= 0.3 is 0 Å². The number of hydrogen-bond donors (Lipinski definition) is 1. The number of rotatable bonds is 5. The summed E-state index contributed by atoms with van der Waals surface area (Å²) in [7, 11) is 0. The van der Waals surface area contributed by atoms with Gasteiger partial charge in [0.05, 0.1) is 4.05 Å². The molecule has 0 aliphatic carbocycles. The Kier molecular flexibility index (Phi) is 5.40. The first kappa shape index (κ1) is 15.3. The molecule has 1 atom stereocenters. The number of hydrogen-bond acceptors (Lipinski definition) is 1. The van der Waals surface area contributed by atoms with Crippen LogP contribution in [0.15, 0.2) is 42.5 Å². The molecule has 106 valence electrons. The van der Waals surface area contributed by atoms with E-state index >= 15 is 0 Å². The number of halogens is 1. The van der Waals surface area contributed by atoms with E-state index in [1.54, 1.807) is 0 Å². The highest BCUT2D eigenvalue weighted by Crippen LogP contribution is 2.21.